The highest BCUT2D eigenvalue weighted by molar-refractivity contribution is 7.89. The lowest BCUT2D eigenvalue weighted by molar-refractivity contribution is -0.385. The Kier molecular flexibility index (Phi) is 8.11. The normalized spacial score (nSPS) is 11.3. The van der Waals surface area contributed by atoms with Gasteiger partial charge in [-0.2, -0.15) is 4.31 Å². The Morgan fingerprint density at radius 3 is 2.46 bits per heavy atom. The molecule has 3 rings (SSSR count). The Morgan fingerprint density at radius 2 is 1.83 bits per heavy atom. The molecular weight excluding hydrogens is 494 g/mol. The van der Waals surface area contributed by atoms with Crippen molar-refractivity contribution < 1.29 is 22.9 Å². The second kappa shape index (κ2) is 10.9. The Bertz CT molecular complexity index is 1360. The van der Waals surface area contributed by atoms with Crippen molar-refractivity contribution in [1.29, 1.82) is 0 Å². The minimum atomic E-state index is -3.83. The molecule has 1 amide bonds. The standard InChI is InChI=1S/C24H24ClN3O6S/c1-4-34-23-13-8-17(24(29)26-21-6-5-7-22(16(21)2)28(30)31)14-18(23)15-27(3)35(32,33)20-11-9-19(25)10-12-20/h5-14H,4,15H2,1-3H3,(H,26,29). The smallest absolute Gasteiger partial charge is 0.274 e. The molecular formula is C24H24ClN3O6S. The van der Waals surface area contributed by atoms with E-state index in [9.17, 15) is 23.3 Å². The van der Waals surface area contributed by atoms with Crippen LogP contribution in [-0.4, -0.2) is 37.2 Å². The van der Waals surface area contributed by atoms with Crippen LogP contribution in [0.2, 0.25) is 5.02 Å². The molecule has 1 N–H and O–H groups in total. The molecule has 0 fully saturated rings. The molecule has 0 aliphatic carbocycles. The zero-order chi connectivity index (χ0) is 25.8. The quantitative estimate of drug-likeness (QED) is 0.314. The molecule has 0 aromatic heterocycles. The number of rotatable bonds is 9. The van der Waals surface area contributed by atoms with Gasteiger partial charge in [0.05, 0.1) is 27.7 Å². The van der Waals surface area contributed by atoms with Gasteiger partial charge in [-0.1, -0.05) is 17.7 Å². The molecule has 0 spiro atoms. The third-order valence-corrected chi connectivity index (χ3v) is 7.36. The maximum Gasteiger partial charge on any atom is 0.274 e. The van der Waals surface area contributed by atoms with Crippen LogP contribution < -0.4 is 10.1 Å². The van der Waals surface area contributed by atoms with Crippen LogP contribution in [0.5, 0.6) is 5.75 Å². The summed E-state index contributed by atoms with van der Waals surface area (Å²) in [7, 11) is -2.40. The van der Waals surface area contributed by atoms with E-state index in [0.29, 0.717) is 34.2 Å². The summed E-state index contributed by atoms with van der Waals surface area (Å²) in [5, 5.41) is 14.3. The molecule has 35 heavy (non-hydrogen) atoms. The van der Waals surface area contributed by atoms with Gasteiger partial charge in [0.25, 0.3) is 11.6 Å². The van der Waals surface area contributed by atoms with Crippen molar-refractivity contribution in [3.8, 4) is 5.75 Å². The predicted molar refractivity (Wildman–Crippen MR) is 134 cm³/mol. The van der Waals surface area contributed by atoms with Crippen LogP contribution in [0.4, 0.5) is 11.4 Å². The average molecular weight is 518 g/mol. The number of nitro groups is 1. The monoisotopic (exact) mass is 517 g/mol. The summed E-state index contributed by atoms with van der Waals surface area (Å²) in [5.74, 6) is -0.0603. The molecule has 0 heterocycles. The number of amides is 1. The second-order valence-electron chi connectivity index (χ2n) is 7.63. The summed E-state index contributed by atoms with van der Waals surface area (Å²) in [5.41, 5.74) is 1.25. The van der Waals surface area contributed by atoms with Gasteiger partial charge < -0.3 is 10.1 Å². The topological polar surface area (TPSA) is 119 Å². The molecule has 0 saturated heterocycles. The van der Waals surface area contributed by atoms with Crippen LogP contribution in [0, 0.1) is 17.0 Å². The van der Waals surface area contributed by atoms with E-state index in [-0.39, 0.29) is 22.7 Å². The number of anilines is 1. The molecule has 3 aromatic rings. The number of carbonyl (C=O) groups is 1. The number of nitrogens with one attached hydrogen (secondary N) is 1. The first-order valence-corrected chi connectivity index (χ1v) is 12.4. The number of benzene rings is 3. The maximum atomic E-state index is 13.0. The fraction of sp³-hybridized carbons (Fsp3) is 0.208. The highest BCUT2D eigenvalue weighted by Crippen LogP contribution is 2.28. The first-order valence-electron chi connectivity index (χ1n) is 10.6. The van der Waals surface area contributed by atoms with E-state index in [1.54, 1.807) is 38.1 Å². The lowest BCUT2D eigenvalue weighted by Gasteiger charge is -2.20. The van der Waals surface area contributed by atoms with Crippen LogP contribution in [-0.2, 0) is 16.6 Å². The highest BCUT2D eigenvalue weighted by atomic mass is 35.5. The minimum Gasteiger partial charge on any atom is -0.494 e. The molecule has 11 heteroatoms. The van der Waals surface area contributed by atoms with Gasteiger partial charge in [-0.15, -0.1) is 0 Å². The Morgan fingerprint density at radius 1 is 1.14 bits per heavy atom. The van der Waals surface area contributed by atoms with Crippen molar-refractivity contribution in [3.63, 3.8) is 0 Å². The van der Waals surface area contributed by atoms with Gasteiger partial charge in [-0.3, -0.25) is 14.9 Å². The van der Waals surface area contributed by atoms with E-state index in [0.717, 1.165) is 4.31 Å². The average Bonchev–Trinajstić information content (AvgIpc) is 2.81. The Labute approximate surface area is 208 Å². The third kappa shape index (κ3) is 5.97. The summed E-state index contributed by atoms with van der Waals surface area (Å²) in [6, 6.07) is 14.9. The summed E-state index contributed by atoms with van der Waals surface area (Å²) in [6.07, 6.45) is 0. The van der Waals surface area contributed by atoms with Crippen molar-refractivity contribution in [3.05, 3.63) is 92.5 Å². The molecule has 0 atom stereocenters. The molecule has 0 aliphatic heterocycles. The van der Waals surface area contributed by atoms with E-state index in [2.05, 4.69) is 5.32 Å². The summed E-state index contributed by atoms with van der Waals surface area (Å²) < 4.78 is 32.8. The van der Waals surface area contributed by atoms with Crippen molar-refractivity contribution in [2.45, 2.75) is 25.3 Å². The lowest BCUT2D eigenvalue weighted by atomic mass is 10.1. The van der Waals surface area contributed by atoms with Crippen molar-refractivity contribution in [2.75, 3.05) is 19.0 Å². The van der Waals surface area contributed by atoms with Gasteiger partial charge >= 0.3 is 0 Å². The number of hydrogen-bond donors (Lipinski definition) is 1. The fourth-order valence-corrected chi connectivity index (χ4v) is 4.68. The zero-order valence-corrected chi connectivity index (χ0v) is 20.9. The first-order chi connectivity index (χ1) is 16.5. The lowest BCUT2D eigenvalue weighted by Crippen LogP contribution is -2.27. The summed E-state index contributed by atoms with van der Waals surface area (Å²) in [6.45, 7) is 3.63. The number of carbonyl (C=O) groups excluding carboxylic acids is 1. The summed E-state index contributed by atoms with van der Waals surface area (Å²) in [4.78, 5) is 23.7. The van der Waals surface area contributed by atoms with Crippen LogP contribution in [0.3, 0.4) is 0 Å². The van der Waals surface area contributed by atoms with E-state index in [4.69, 9.17) is 16.3 Å². The molecule has 0 unspecified atom stereocenters. The molecule has 0 aliphatic rings. The van der Waals surface area contributed by atoms with Gasteiger partial charge in [-0.05, 0) is 62.4 Å². The molecule has 0 saturated carbocycles. The van der Waals surface area contributed by atoms with Crippen LogP contribution in [0.1, 0.15) is 28.4 Å². The molecule has 9 nitrogen and oxygen atoms in total. The van der Waals surface area contributed by atoms with Gasteiger partial charge in [0, 0.05) is 35.8 Å². The maximum absolute atomic E-state index is 13.0. The number of sulfonamides is 1. The van der Waals surface area contributed by atoms with Crippen molar-refractivity contribution in [1.82, 2.24) is 4.31 Å². The number of ether oxygens (including phenoxy) is 1. The van der Waals surface area contributed by atoms with Crippen molar-refractivity contribution in [2.24, 2.45) is 0 Å². The highest BCUT2D eigenvalue weighted by Gasteiger charge is 2.23. The van der Waals surface area contributed by atoms with E-state index < -0.39 is 20.9 Å². The third-order valence-electron chi connectivity index (χ3n) is 5.29. The Balaban J connectivity index is 1.89. The molecule has 0 bridgehead atoms. The van der Waals surface area contributed by atoms with Crippen molar-refractivity contribution >= 4 is 38.9 Å². The SMILES string of the molecule is CCOc1ccc(C(=O)Nc2cccc([N+](=O)[O-])c2C)cc1CN(C)S(=O)(=O)c1ccc(Cl)cc1. The largest absolute Gasteiger partial charge is 0.494 e. The van der Waals surface area contributed by atoms with E-state index in [1.165, 1.54) is 43.4 Å². The minimum absolute atomic E-state index is 0.0583. The van der Waals surface area contributed by atoms with Gasteiger partial charge in [0.15, 0.2) is 0 Å². The van der Waals surface area contributed by atoms with Crippen LogP contribution in [0.15, 0.2) is 65.6 Å². The molecule has 0 radical (unpaired) electrons. The molecule has 184 valence electrons. The van der Waals surface area contributed by atoms with E-state index >= 15 is 0 Å². The number of nitro benzene ring substituents is 1. The summed E-state index contributed by atoms with van der Waals surface area (Å²) >= 11 is 5.87. The van der Waals surface area contributed by atoms with Gasteiger partial charge in [-0.25, -0.2) is 8.42 Å². The van der Waals surface area contributed by atoms with Gasteiger partial charge in [0.2, 0.25) is 10.0 Å². The zero-order valence-electron chi connectivity index (χ0n) is 19.3. The second-order valence-corrected chi connectivity index (χ2v) is 10.1. The predicted octanol–water partition coefficient (Wildman–Crippen LogP) is 5.03. The Hall–Kier alpha value is -3.47. The first kappa shape index (κ1) is 26.1. The fourth-order valence-electron chi connectivity index (χ4n) is 3.40. The number of halogens is 1. The van der Waals surface area contributed by atoms with Crippen LogP contribution in [0.25, 0.3) is 0 Å². The molecule has 3 aromatic carbocycles. The van der Waals surface area contributed by atoms with Crippen LogP contribution >= 0.6 is 11.6 Å². The number of nitrogens with zero attached hydrogens (tertiary/aromatic N) is 2. The number of hydrogen-bond acceptors (Lipinski definition) is 6. The van der Waals surface area contributed by atoms with E-state index in [1.807, 2.05) is 0 Å². The van der Waals surface area contributed by atoms with Gasteiger partial charge in [0.1, 0.15) is 5.75 Å².